The Hall–Kier alpha value is -1.75. The van der Waals surface area contributed by atoms with E-state index in [0.29, 0.717) is 25.0 Å². The Bertz CT molecular complexity index is 658. The number of halogens is 1. The molecular formula is C13H12ClN3O2. The summed E-state index contributed by atoms with van der Waals surface area (Å²) in [5, 5.41) is 4.53. The van der Waals surface area contributed by atoms with Gasteiger partial charge in [0.05, 0.1) is 5.52 Å². The number of hydrogen-bond donors (Lipinski definition) is 1. The molecule has 0 amide bonds. The summed E-state index contributed by atoms with van der Waals surface area (Å²) in [6.45, 7) is 1.13. The topological polar surface area (TPSA) is 56.3 Å². The predicted molar refractivity (Wildman–Crippen MR) is 72.2 cm³/mol. The first-order valence-corrected chi connectivity index (χ1v) is 6.71. The second kappa shape index (κ2) is 4.13. The normalized spacial score (nSPS) is 17.5. The fourth-order valence-electron chi connectivity index (χ4n) is 2.17. The van der Waals surface area contributed by atoms with Crippen molar-refractivity contribution >= 4 is 28.3 Å². The van der Waals surface area contributed by atoms with Gasteiger partial charge >= 0.3 is 0 Å². The van der Waals surface area contributed by atoms with Crippen LogP contribution in [0.4, 0.5) is 5.82 Å². The molecule has 1 fully saturated rings. The van der Waals surface area contributed by atoms with E-state index in [4.69, 9.17) is 21.1 Å². The van der Waals surface area contributed by atoms with E-state index in [1.807, 2.05) is 12.1 Å². The number of hydrogen-bond acceptors (Lipinski definition) is 5. The van der Waals surface area contributed by atoms with Gasteiger partial charge in [-0.3, -0.25) is 0 Å². The van der Waals surface area contributed by atoms with Crippen molar-refractivity contribution in [2.24, 2.45) is 0 Å². The Morgan fingerprint density at radius 2 is 1.84 bits per heavy atom. The summed E-state index contributed by atoms with van der Waals surface area (Å²) in [7, 11) is 0. The standard InChI is InChI=1S/C13H12ClN3O2/c14-13-16-9-6-11-10(18-3-4-19-11)5-8(9)12(17-13)15-7-1-2-7/h5-7H,1-4H2,(H,15,16,17). The van der Waals surface area contributed by atoms with Crippen LogP contribution in [-0.4, -0.2) is 29.2 Å². The van der Waals surface area contributed by atoms with E-state index < -0.39 is 0 Å². The van der Waals surface area contributed by atoms with E-state index in [-0.39, 0.29) is 5.28 Å². The van der Waals surface area contributed by atoms with Crippen LogP contribution in [0.1, 0.15) is 12.8 Å². The lowest BCUT2D eigenvalue weighted by molar-refractivity contribution is 0.172. The summed E-state index contributed by atoms with van der Waals surface area (Å²) in [5.74, 6) is 2.23. The third-order valence-electron chi connectivity index (χ3n) is 3.25. The maximum atomic E-state index is 5.98. The SMILES string of the molecule is Clc1nc(NC2CC2)c2cc3c(cc2n1)OCCO3. The lowest BCUT2D eigenvalue weighted by Crippen LogP contribution is -2.15. The van der Waals surface area contributed by atoms with Crippen molar-refractivity contribution in [2.45, 2.75) is 18.9 Å². The fourth-order valence-corrected chi connectivity index (χ4v) is 2.34. The highest BCUT2D eigenvalue weighted by molar-refractivity contribution is 6.28. The lowest BCUT2D eigenvalue weighted by Gasteiger charge is -2.19. The highest BCUT2D eigenvalue weighted by Gasteiger charge is 2.23. The van der Waals surface area contributed by atoms with E-state index in [0.717, 1.165) is 22.5 Å². The van der Waals surface area contributed by atoms with Crippen molar-refractivity contribution in [3.05, 3.63) is 17.4 Å². The van der Waals surface area contributed by atoms with Crippen LogP contribution in [-0.2, 0) is 0 Å². The fraction of sp³-hybridized carbons (Fsp3) is 0.385. The quantitative estimate of drug-likeness (QED) is 0.855. The molecule has 1 aromatic heterocycles. The third kappa shape index (κ3) is 2.04. The van der Waals surface area contributed by atoms with Gasteiger partial charge in [0.2, 0.25) is 5.28 Å². The second-order valence-corrected chi connectivity index (χ2v) is 5.11. The molecule has 4 rings (SSSR count). The molecule has 0 radical (unpaired) electrons. The van der Waals surface area contributed by atoms with Crippen molar-refractivity contribution < 1.29 is 9.47 Å². The van der Waals surface area contributed by atoms with Crippen molar-refractivity contribution in [2.75, 3.05) is 18.5 Å². The number of nitrogens with zero attached hydrogens (tertiary/aromatic N) is 2. The number of nitrogens with one attached hydrogen (secondary N) is 1. The number of benzene rings is 1. The van der Waals surface area contributed by atoms with Crippen LogP contribution in [0.25, 0.3) is 10.9 Å². The highest BCUT2D eigenvalue weighted by Crippen LogP contribution is 2.37. The molecule has 19 heavy (non-hydrogen) atoms. The minimum absolute atomic E-state index is 0.243. The summed E-state index contributed by atoms with van der Waals surface area (Å²) < 4.78 is 11.2. The van der Waals surface area contributed by atoms with Crippen LogP contribution >= 0.6 is 11.6 Å². The minimum atomic E-state index is 0.243. The van der Waals surface area contributed by atoms with Gasteiger partial charge in [-0.25, -0.2) is 9.97 Å². The molecule has 98 valence electrons. The van der Waals surface area contributed by atoms with Gasteiger partial charge in [0.1, 0.15) is 19.0 Å². The Kier molecular flexibility index (Phi) is 2.41. The first-order valence-electron chi connectivity index (χ1n) is 6.33. The van der Waals surface area contributed by atoms with Gasteiger partial charge < -0.3 is 14.8 Å². The van der Waals surface area contributed by atoms with Crippen LogP contribution in [0.2, 0.25) is 5.28 Å². The zero-order valence-electron chi connectivity index (χ0n) is 10.1. The number of rotatable bonds is 2. The van der Waals surface area contributed by atoms with Gasteiger partial charge in [-0.05, 0) is 30.5 Å². The molecule has 0 bridgehead atoms. The molecule has 5 nitrogen and oxygen atoms in total. The molecule has 1 saturated carbocycles. The zero-order valence-corrected chi connectivity index (χ0v) is 10.9. The summed E-state index contributed by atoms with van der Waals surface area (Å²) in [6, 6.07) is 4.28. The van der Waals surface area contributed by atoms with E-state index in [2.05, 4.69) is 15.3 Å². The van der Waals surface area contributed by atoms with Crippen LogP contribution in [0.15, 0.2) is 12.1 Å². The van der Waals surface area contributed by atoms with Crippen molar-refractivity contribution in [1.82, 2.24) is 9.97 Å². The molecule has 1 aliphatic carbocycles. The van der Waals surface area contributed by atoms with Gasteiger partial charge in [-0.2, -0.15) is 0 Å². The maximum absolute atomic E-state index is 5.98. The smallest absolute Gasteiger partial charge is 0.224 e. The molecule has 0 atom stereocenters. The average molecular weight is 278 g/mol. The van der Waals surface area contributed by atoms with E-state index in [9.17, 15) is 0 Å². The summed E-state index contributed by atoms with van der Waals surface area (Å²) in [6.07, 6.45) is 2.35. The molecule has 0 spiro atoms. The maximum Gasteiger partial charge on any atom is 0.224 e. The summed E-state index contributed by atoms with van der Waals surface area (Å²) in [4.78, 5) is 8.53. The second-order valence-electron chi connectivity index (χ2n) is 4.77. The Labute approximate surface area is 114 Å². The van der Waals surface area contributed by atoms with Crippen LogP contribution in [0.5, 0.6) is 11.5 Å². The van der Waals surface area contributed by atoms with Crippen LogP contribution in [0, 0.1) is 0 Å². The first-order chi connectivity index (χ1) is 9.29. The number of fused-ring (bicyclic) bond motifs is 2. The molecule has 0 unspecified atom stereocenters. The van der Waals surface area contributed by atoms with Gasteiger partial charge in [0.15, 0.2) is 11.5 Å². The summed E-state index contributed by atoms with van der Waals surface area (Å²) >= 11 is 5.98. The molecular weight excluding hydrogens is 266 g/mol. The molecule has 1 aromatic carbocycles. The van der Waals surface area contributed by atoms with E-state index in [1.54, 1.807) is 0 Å². The highest BCUT2D eigenvalue weighted by atomic mass is 35.5. The van der Waals surface area contributed by atoms with Gasteiger partial charge in [-0.15, -0.1) is 0 Å². The van der Waals surface area contributed by atoms with Crippen LogP contribution < -0.4 is 14.8 Å². The molecule has 2 aliphatic rings. The monoisotopic (exact) mass is 277 g/mol. The minimum Gasteiger partial charge on any atom is -0.486 e. The molecule has 1 aliphatic heterocycles. The van der Waals surface area contributed by atoms with Crippen molar-refractivity contribution in [3.63, 3.8) is 0 Å². The van der Waals surface area contributed by atoms with Gasteiger partial charge in [0, 0.05) is 17.5 Å². The number of ether oxygens (including phenoxy) is 2. The average Bonchev–Trinajstić information content (AvgIpc) is 3.20. The molecule has 6 heteroatoms. The van der Waals surface area contributed by atoms with Gasteiger partial charge in [0.25, 0.3) is 0 Å². The zero-order chi connectivity index (χ0) is 12.8. The number of aromatic nitrogens is 2. The largest absolute Gasteiger partial charge is 0.486 e. The first kappa shape index (κ1) is 11.1. The van der Waals surface area contributed by atoms with Crippen molar-refractivity contribution in [1.29, 1.82) is 0 Å². The Morgan fingerprint density at radius 1 is 1.11 bits per heavy atom. The molecule has 0 saturated heterocycles. The van der Waals surface area contributed by atoms with Crippen molar-refractivity contribution in [3.8, 4) is 11.5 Å². The molecule has 2 heterocycles. The lowest BCUT2D eigenvalue weighted by atomic mass is 10.2. The van der Waals surface area contributed by atoms with Crippen LogP contribution in [0.3, 0.4) is 0 Å². The molecule has 1 N–H and O–H groups in total. The number of anilines is 1. The Morgan fingerprint density at radius 3 is 2.58 bits per heavy atom. The van der Waals surface area contributed by atoms with E-state index >= 15 is 0 Å². The summed E-state index contributed by atoms with van der Waals surface area (Å²) in [5.41, 5.74) is 0.771. The van der Waals surface area contributed by atoms with Gasteiger partial charge in [-0.1, -0.05) is 0 Å². The molecule has 2 aromatic rings. The third-order valence-corrected chi connectivity index (χ3v) is 3.42. The van der Waals surface area contributed by atoms with E-state index in [1.165, 1.54) is 12.8 Å². The Balaban J connectivity index is 1.89. The predicted octanol–water partition coefficient (Wildman–Crippen LogP) is 2.63.